The van der Waals surface area contributed by atoms with Gasteiger partial charge in [0, 0.05) is 0 Å². The molecule has 0 saturated carbocycles. The number of rotatable bonds is 3. The molecule has 1 aromatic carbocycles. The van der Waals surface area contributed by atoms with Gasteiger partial charge in [0.15, 0.2) is 0 Å². The molecule has 0 spiro atoms. The molecule has 0 aliphatic rings. The van der Waals surface area contributed by atoms with Crippen LogP contribution in [-0.4, -0.2) is 17.6 Å². The number of hydrogen-bond acceptors (Lipinski definition) is 3. The van der Waals surface area contributed by atoms with Crippen LogP contribution in [0.25, 0.3) is 0 Å². The van der Waals surface area contributed by atoms with Crippen molar-refractivity contribution in [2.75, 3.05) is 0 Å². The molecular weight excluding hydrogens is 223 g/mol. The molecule has 3 N–H and O–H groups in total. The van der Waals surface area contributed by atoms with Crippen molar-refractivity contribution in [1.82, 2.24) is 0 Å². The smallest absolute Gasteiger partial charge is 0.406 e. The molecule has 0 bridgehead atoms. The van der Waals surface area contributed by atoms with E-state index in [0.29, 0.717) is 5.56 Å². The third-order valence-electron chi connectivity index (χ3n) is 2.00. The van der Waals surface area contributed by atoms with E-state index in [4.69, 9.17) is 5.73 Å². The Morgan fingerprint density at radius 1 is 1.38 bits per heavy atom. The van der Waals surface area contributed by atoms with Crippen LogP contribution in [0.4, 0.5) is 13.2 Å². The Kier molecular flexibility index (Phi) is 3.77. The van der Waals surface area contributed by atoms with Gasteiger partial charge in [-0.25, -0.2) is 0 Å². The summed E-state index contributed by atoms with van der Waals surface area (Å²) in [4.78, 5) is 0. The van der Waals surface area contributed by atoms with Gasteiger partial charge in [0.2, 0.25) is 0 Å². The highest BCUT2D eigenvalue weighted by Gasteiger charge is 2.31. The summed E-state index contributed by atoms with van der Waals surface area (Å²) >= 11 is 0. The van der Waals surface area contributed by atoms with E-state index in [-0.39, 0.29) is 5.75 Å². The first kappa shape index (κ1) is 12.8. The summed E-state index contributed by atoms with van der Waals surface area (Å²) < 4.78 is 39.5. The van der Waals surface area contributed by atoms with Gasteiger partial charge in [-0.2, -0.15) is 0 Å². The first-order valence-corrected chi connectivity index (χ1v) is 4.59. The molecule has 0 fully saturated rings. The fourth-order valence-electron chi connectivity index (χ4n) is 1.20. The average Bonchev–Trinajstić information content (AvgIpc) is 2.14. The number of ether oxygens (including phenoxy) is 1. The minimum Gasteiger partial charge on any atom is -0.406 e. The van der Waals surface area contributed by atoms with Crippen molar-refractivity contribution in [2.24, 2.45) is 5.73 Å². The zero-order chi connectivity index (χ0) is 12.3. The summed E-state index contributed by atoms with van der Waals surface area (Å²) in [7, 11) is 0. The Morgan fingerprint density at radius 2 is 2.00 bits per heavy atom. The predicted molar refractivity (Wildman–Crippen MR) is 51.7 cm³/mol. The number of hydrogen-bond donors (Lipinski definition) is 2. The van der Waals surface area contributed by atoms with Gasteiger partial charge in [0.25, 0.3) is 0 Å². The van der Waals surface area contributed by atoms with E-state index in [1.165, 1.54) is 25.1 Å². The second-order valence-electron chi connectivity index (χ2n) is 3.39. The van der Waals surface area contributed by atoms with Crippen molar-refractivity contribution in [3.05, 3.63) is 29.8 Å². The van der Waals surface area contributed by atoms with Crippen LogP contribution in [0.15, 0.2) is 24.3 Å². The van der Waals surface area contributed by atoms with Gasteiger partial charge in [-0.05, 0) is 24.6 Å². The number of alkyl halides is 3. The van der Waals surface area contributed by atoms with Crippen LogP contribution >= 0.6 is 0 Å². The molecule has 0 radical (unpaired) electrons. The summed E-state index contributed by atoms with van der Waals surface area (Å²) in [5, 5.41) is 9.21. The zero-order valence-corrected chi connectivity index (χ0v) is 8.53. The SMILES string of the molecule is CC(O)C(N)c1cccc(OC(F)(F)F)c1. The standard InChI is InChI=1S/C10H12F3NO2/c1-6(15)9(14)7-3-2-4-8(5-7)16-10(11,12)13/h2-6,9,15H,14H2,1H3. The monoisotopic (exact) mass is 235 g/mol. The van der Waals surface area contributed by atoms with E-state index in [1.54, 1.807) is 0 Å². The molecule has 1 aromatic rings. The van der Waals surface area contributed by atoms with Crippen LogP contribution < -0.4 is 10.5 Å². The van der Waals surface area contributed by atoms with Gasteiger partial charge in [0.1, 0.15) is 5.75 Å². The number of benzene rings is 1. The Hall–Kier alpha value is -1.27. The fraction of sp³-hybridized carbons (Fsp3) is 0.400. The molecule has 16 heavy (non-hydrogen) atoms. The third-order valence-corrected chi connectivity index (χ3v) is 2.00. The van der Waals surface area contributed by atoms with Crippen molar-refractivity contribution < 1.29 is 23.0 Å². The molecule has 0 aliphatic heterocycles. The van der Waals surface area contributed by atoms with Crippen molar-refractivity contribution in [2.45, 2.75) is 25.4 Å². The molecule has 2 unspecified atom stereocenters. The van der Waals surface area contributed by atoms with Crippen LogP contribution in [-0.2, 0) is 0 Å². The molecule has 2 atom stereocenters. The molecule has 0 amide bonds. The van der Waals surface area contributed by atoms with Crippen LogP contribution in [0.1, 0.15) is 18.5 Å². The van der Waals surface area contributed by atoms with Crippen LogP contribution in [0, 0.1) is 0 Å². The van der Waals surface area contributed by atoms with Crippen LogP contribution in [0.3, 0.4) is 0 Å². The largest absolute Gasteiger partial charge is 0.573 e. The maximum atomic E-state index is 11.9. The number of halogens is 3. The lowest BCUT2D eigenvalue weighted by molar-refractivity contribution is -0.274. The lowest BCUT2D eigenvalue weighted by Crippen LogP contribution is -2.23. The van der Waals surface area contributed by atoms with Gasteiger partial charge in [-0.15, -0.1) is 13.2 Å². The average molecular weight is 235 g/mol. The van der Waals surface area contributed by atoms with Crippen molar-refractivity contribution in [3.8, 4) is 5.75 Å². The molecule has 0 aliphatic carbocycles. The second kappa shape index (κ2) is 4.71. The van der Waals surface area contributed by atoms with Crippen LogP contribution in [0.5, 0.6) is 5.75 Å². The van der Waals surface area contributed by atoms with E-state index in [9.17, 15) is 18.3 Å². The minimum atomic E-state index is -4.73. The maximum Gasteiger partial charge on any atom is 0.573 e. The molecule has 3 nitrogen and oxygen atoms in total. The first-order valence-electron chi connectivity index (χ1n) is 4.59. The van der Waals surface area contributed by atoms with E-state index in [2.05, 4.69) is 4.74 Å². The summed E-state index contributed by atoms with van der Waals surface area (Å²) in [6.07, 6.45) is -5.57. The molecule has 0 heterocycles. The highest BCUT2D eigenvalue weighted by Crippen LogP contribution is 2.25. The number of aliphatic hydroxyl groups is 1. The molecule has 0 saturated heterocycles. The van der Waals surface area contributed by atoms with Crippen molar-refractivity contribution in [3.63, 3.8) is 0 Å². The second-order valence-corrected chi connectivity index (χ2v) is 3.39. The van der Waals surface area contributed by atoms with Crippen molar-refractivity contribution >= 4 is 0 Å². The van der Waals surface area contributed by atoms with Gasteiger partial charge < -0.3 is 15.6 Å². The molecule has 1 rings (SSSR count). The summed E-state index contributed by atoms with van der Waals surface area (Å²) in [6, 6.07) is 4.51. The van der Waals surface area contributed by atoms with Gasteiger partial charge in [0.05, 0.1) is 12.1 Å². The predicted octanol–water partition coefficient (Wildman–Crippen LogP) is 1.97. The topological polar surface area (TPSA) is 55.5 Å². The number of nitrogens with two attached hydrogens (primary N) is 1. The van der Waals surface area contributed by atoms with Gasteiger partial charge in [-0.3, -0.25) is 0 Å². The quantitative estimate of drug-likeness (QED) is 0.842. The van der Waals surface area contributed by atoms with Gasteiger partial charge in [-0.1, -0.05) is 12.1 Å². The Labute approximate surface area is 90.6 Å². The lowest BCUT2D eigenvalue weighted by atomic mass is 10.0. The van der Waals surface area contributed by atoms with Crippen molar-refractivity contribution in [1.29, 1.82) is 0 Å². The highest BCUT2D eigenvalue weighted by atomic mass is 19.4. The molecule has 6 heteroatoms. The van der Waals surface area contributed by atoms with Gasteiger partial charge >= 0.3 is 6.36 Å². The van der Waals surface area contributed by atoms with E-state index in [0.717, 1.165) is 6.07 Å². The van der Waals surface area contributed by atoms with E-state index in [1.807, 2.05) is 0 Å². The fourth-order valence-corrected chi connectivity index (χ4v) is 1.20. The normalized spacial score (nSPS) is 15.6. The summed E-state index contributed by atoms with van der Waals surface area (Å²) in [5.74, 6) is -0.346. The highest BCUT2D eigenvalue weighted by molar-refractivity contribution is 5.31. The molecule has 0 aromatic heterocycles. The Morgan fingerprint density at radius 3 is 2.50 bits per heavy atom. The Balaban J connectivity index is 2.87. The third kappa shape index (κ3) is 3.71. The summed E-state index contributed by atoms with van der Waals surface area (Å²) in [6.45, 7) is 1.46. The maximum absolute atomic E-state index is 11.9. The number of aliphatic hydroxyl groups excluding tert-OH is 1. The minimum absolute atomic E-state index is 0.346. The lowest BCUT2D eigenvalue weighted by Gasteiger charge is -2.16. The molecular formula is C10H12F3NO2. The first-order chi connectivity index (χ1) is 7.29. The van der Waals surface area contributed by atoms with E-state index < -0.39 is 18.5 Å². The molecule has 90 valence electrons. The Bertz CT molecular complexity index is 352. The summed E-state index contributed by atoms with van der Waals surface area (Å²) in [5.41, 5.74) is 5.97. The van der Waals surface area contributed by atoms with E-state index >= 15 is 0 Å². The van der Waals surface area contributed by atoms with Crippen LogP contribution in [0.2, 0.25) is 0 Å². The zero-order valence-electron chi connectivity index (χ0n) is 8.53.